The molecule has 2 aromatic heterocycles. The van der Waals surface area contributed by atoms with Gasteiger partial charge in [-0.25, -0.2) is 4.68 Å². The van der Waals surface area contributed by atoms with Crippen molar-refractivity contribution < 1.29 is 9.53 Å². The van der Waals surface area contributed by atoms with Crippen molar-refractivity contribution in [3.8, 4) is 0 Å². The molecule has 0 radical (unpaired) electrons. The Bertz CT molecular complexity index is 592. The largest absolute Gasteiger partial charge is 0.360 e. The van der Waals surface area contributed by atoms with Crippen LogP contribution in [0.2, 0.25) is 0 Å². The third-order valence-electron chi connectivity index (χ3n) is 2.57. The topological polar surface area (TPSA) is 74.0 Å². The second-order valence-corrected chi connectivity index (χ2v) is 4.88. The first-order valence-electron chi connectivity index (χ1n) is 6.28. The van der Waals surface area contributed by atoms with Crippen LogP contribution < -0.4 is 5.32 Å². The van der Waals surface area contributed by atoms with Crippen molar-refractivity contribution in [2.75, 3.05) is 11.9 Å². The minimum absolute atomic E-state index is 0.278. The van der Waals surface area contributed by atoms with E-state index in [1.165, 1.54) is 0 Å². The van der Waals surface area contributed by atoms with Crippen LogP contribution in [0.5, 0.6) is 0 Å². The van der Waals surface area contributed by atoms with E-state index in [2.05, 4.69) is 31.4 Å². The zero-order chi connectivity index (χ0) is 14.5. The van der Waals surface area contributed by atoms with Gasteiger partial charge in [-0.3, -0.25) is 9.48 Å². The number of aromatic nitrogens is 4. The average Bonchev–Trinajstić information content (AvgIpc) is 3.02. The molecule has 1 amide bonds. The number of rotatable bonds is 6. The highest BCUT2D eigenvalue weighted by molar-refractivity contribution is 9.10. The van der Waals surface area contributed by atoms with Crippen LogP contribution in [0.4, 0.5) is 5.69 Å². The molecule has 0 fully saturated rings. The lowest BCUT2D eigenvalue weighted by Crippen LogP contribution is -2.13. The Balaban J connectivity index is 2.03. The van der Waals surface area contributed by atoms with E-state index < -0.39 is 0 Å². The third kappa shape index (κ3) is 3.45. The molecule has 7 nitrogen and oxygen atoms in total. The number of carbonyl (C=O) groups is 1. The average molecular weight is 342 g/mol. The Kier molecular flexibility index (Phi) is 4.91. The van der Waals surface area contributed by atoms with Crippen molar-refractivity contribution in [1.29, 1.82) is 0 Å². The second kappa shape index (κ2) is 6.67. The summed E-state index contributed by atoms with van der Waals surface area (Å²) in [5.41, 5.74) is 0.956. The van der Waals surface area contributed by atoms with Crippen LogP contribution in [0.3, 0.4) is 0 Å². The first-order chi connectivity index (χ1) is 9.63. The molecule has 0 aromatic carbocycles. The van der Waals surface area contributed by atoms with Crippen LogP contribution >= 0.6 is 15.9 Å². The Morgan fingerprint density at radius 1 is 1.40 bits per heavy atom. The summed E-state index contributed by atoms with van der Waals surface area (Å²) in [6.07, 6.45) is 5.05. The molecule has 2 rings (SSSR count). The van der Waals surface area contributed by atoms with E-state index in [0.717, 1.165) is 0 Å². The van der Waals surface area contributed by atoms with E-state index >= 15 is 0 Å². The predicted molar refractivity (Wildman–Crippen MR) is 77.4 cm³/mol. The van der Waals surface area contributed by atoms with Gasteiger partial charge in [0.1, 0.15) is 6.73 Å². The van der Waals surface area contributed by atoms with Crippen LogP contribution in [-0.4, -0.2) is 32.1 Å². The number of anilines is 1. The first-order valence-corrected chi connectivity index (χ1v) is 7.07. The first kappa shape index (κ1) is 14.7. The number of nitrogens with zero attached hydrogens (tertiary/aromatic N) is 4. The highest BCUT2D eigenvalue weighted by Crippen LogP contribution is 2.16. The maximum atomic E-state index is 12.1. The number of ether oxygens (including phenoxy) is 1. The van der Waals surface area contributed by atoms with Gasteiger partial charge in [-0.1, -0.05) is 0 Å². The van der Waals surface area contributed by atoms with E-state index in [0.29, 0.717) is 35.7 Å². The summed E-state index contributed by atoms with van der Waals surface area (Å²) in [5.74, 6) is -0.278. The lowest BCUT2D eigenvalue weighted by Gasteiger charge is -2.01. The molecule has 2 heterocycles. The van der Waals surface area contributed by atoms with Crippen LogP contribution in [0, 0.1) is 0 Å². The van der Waals surface area contributed by atoms with Gasteiger partial charge in [0.15, 0.2) is 5.69 Å². The van der Waals surface area contributed by atoms with E-state index in [-0.39, 0.29) is 5.91 Å². The summed E-state index contributed by atoms with van der Waals surface area (Å²) in [6.45, 7) is 5.55. The Morgan fingerprint density at radius 3 is 2.85 bits per heavy atom. The smallest absolute Gasteiger partial charge is 0.277 e. The molecule has 8 heteroatoms. The fourth-order valence-electron chi connectivity index (χ4n) is 1.59. The molecule has 0 saturated carbocycles. The fraction of sp³-hybridized carbons (Fsp3) is 0.417. The number of hydrogen-bond donors (Lipinski definition) is 1. The molecule has 0 aliphatic carbocycles. The van der Waals surface area contributed by atoms with Crippen LogP contribution in [-0.2, 0) is 18.0 Å². The lowest BCUT2D eigenvalue weighted by atomic mass is 10.4. The quantitative estimate of drug-likeness (QED) is 0.873. The molecule has 0 aliphatic rings. The predicted octanol–water partition coefficient (Wildman–Crippen LogP) is 2.11. The highest BCUT2D eigenvalue weighted by Gasteiger charge is 2.15. The standard InChI is InChI=1S/C12H16BrN5O2/c1-3-17-7-10(13)11(16-17)12(19)15-9-5-14-18(6-9)8-20-4-2/h5-7H,3-4,8H2,1-2H3,(H,15,19). The van der Waals surface area contributed by atoms with Crippen molar-refractivity contribution in [3.05, 3.63) is 28.8 Å². The number of carbonyl (C=O) groups excluding carboxylic acids is 1. The van der Waals surface area contributed by atoms with Gasteiger partial charge in [-0.2, -0.15) is 10.2 Å². The van der Waals surface area contributed by atoms with E-state index in [4.69, 9.17) is 4.74 Å². The maximum absolute atomic E-state index is 12.1. The Labute approximate surface area is 125 Å². The van der Waals surface area contributed by atoms with Gasteiger partial charge in [-0.05, 0) is 29.8 Å². The van der Waals surface area contributed by atoms with Gasteiger partial charge < -0.3 is 10.1 Å². The Morgan fingerprint density at radius 2 is 2.20 bits per heavy atom. The highest BCUT2D eigenvalue weighted by atomic mass is 79.9. The SMILES string of the molecule is CCOCn1cc(NC(=O)c2nn(CC)cc2Br)cn1. The molecule has 108 valence electrons. The second-order valence-electron chi connectivity index (χ2n) is 4.03. The molecule has 0 bridgehead atoms. The third-order valence-corrected chi connectivity index (χ3v) is 3.16. The van der Waals surface area contributed by atoms with Crippen molar-refractivity contribution in [2.24, 2.45) is 0 Å². The number of halogens is 1. The minimum atomic E-state index is -0.278. The molecule has 0 spiro atoms. The van der Waals surface area contributed by atoms with E-state index in [1.54, 1.807) is 28.0 Å². The summed E-state index contributed by atoms with van der Waals surface area (Å²) < 4.78 is 9.19. The van der Waals surface area contributed by atoms with E-state index in [9.17, 15) is 4.79 Å². The number of nitrogens with one attached hydrogen (secondary N) is 1. The zero-order valence-electron chi connectivity index (χ0n) is 11.3. The summed E-state index contributed by atoms with van der Waals surface area (Å²) in [6, 6.07) is 0. The molecular formula is C12H16BrN5O2. The van der Waals surface area contributed by atoms with Gasteiger partial charge in [0, 0.05) is 19.3 Å². The van der Waals surface area contributed by atoms with Crippen molar-refractivity contribution in [1.82, 2.24) is 19.6 Å². The van der Waals surface area contributed by atoms with Gasteiger partial charge in [0.25, 0.3) is 5.91 Å². The molecular weight excluding hydrogens is 326 g/mol. The molecule has 20 heavy (non-hydrogen) atoms. The summed E-state index contributed by atoms with van der Waals surface area (Å²) in [7, 11) is 0. The van der Waals surface area contributed by atoms with Crippen LogP contribution in [0.15, 0.2) is 23.1 Å². The number of aryl methyl sites for hydroxylation is 1. The monoisotopic (exact) mass is 341 g/mol. The summed E-state index contributed by atoms with van der Waals surface area (Å²) in [5, 5.41) is 11.0. The van der Waals surface area contributed by atoms with Gasteiger partial charge in [-0.15, -0.1) is 0 Å². The minimum Gasteiger partial charge on any atom is -0.360 e. The molecule has 0 saturated heterocycles. The molecule has 1 N–H and O–H groups in total. The molecule has 0 atom stereocenters. The van der Waals surface area contributed by atoms with Crippen molar-refractivity contribution >= 4 is 27.5 Å². The fourth-order valence-corrected chi connectivity index (χ4v) is 2.08. The summed E-state index contributed by atoms with van der Waals surface area (Å²) in [4.78, 5) is 12.1. The molecule has 2 aromatic rings. The van der Waals surface area contributed by atoms with Gasteiger partial charge >= 0.3 is 0 Å². The maximum Gasteiger partial charge on any atom is 0.277 e. The van der Waals surface area contributed by atoms with Crippen LogP contribution in [0.25, 0.3) is 0 Å². The lowest BCUT2D eigenvalue weighted by molar-refractivity contribution is 0.0792. The van der Waals surface area contributed by atoms with E-state index in [1.807, 2.05) is 13.8 Å². The molecule has 0 unspecified atom stereocenters. The van der Waals surface area contributed by atoms with Gasteiger partial charge in [0.2, 0.25) is 0 Å². The van der Waals surface area contributed by atoms with Gasteiger partial charge in [0.05, 0.1) is 22.6 Å². The Hall–Kier alpha value is -1.67. The van der Waals surface area contributed by atoms with Crippen LogP contribution in [0.1, 0.15) is 24.3 Å². The number of amides is 1. The van der Waals surface area contributed by atoms with Crippen molar-refractivity contribution in [3.63, 3.8) is 0 Å². The summed E-state index contributed by atoms with van der Waals surface area (Å²) >= 11 is 3.33. The van der Waals surface area contributed by atoms with Crippen molar-refractivity contribution in [2.45, 2.75) is 27.1 Å². The normalized spacial score (nSPS) is 10.8. The number of hydrogen-bond acceptors (Lipinski definition) is 4. The zero-order valence-corrected chi connectivity index (χ0v) is 12.9. The molecule has 0 aliphatic heterocycles.